The van der Waals surface area contributed by atoms with E-state index < -0.39 is 15.9 Å². The SMILES string of the molecule is CC(=O)Nc1ccc(S(=O)(=O)N(CC(=O)NN=C2CCCC2)Cc2ccccc2)cc1. The zero-order chi connectivity index (χ0) is 22.3. The van der Waals surface area contributed by atoms with Crippen molar-refractivity contribution in [2.45, 2.75) is 44.0 Å². The Morgan fingerprint density at radius 3 is 2.26 bits per heavy atom. The van der Waals surface area contributed by atoms with E-state index in [2.05, 4.69) is 15.8 Å². The van der Waals surface area contributed by atoms with E-state index >= 15 is 0 Å². The van der Waals surface area contributed by atoms with Gasteiger partial charge in [0.15, 0.2) is 0 Å². The molecule has 0 atom stereocenters. The maximum absolute atomic E-state index is 13.3. The summed E-state index contributed by atoms with van der Waals surface area (Å²) in [5.74, 6) is -0.740. The van der Waals surface area contributed by atoms with Gasteiger partial charge >= 0.3 is 0 Å². The van der Waals surface area contributed by atoms with E-state index in [0.717, 1.165) is 41.3 Å². The first-order valence-corrected chi connectivity index (χ1v) is 11.5. The summed E-state index contributed by atoms with van der Waals surface area (Å²) in [6.45, 7) is 1.06. The Labute approximate surface area is 182 Å². The van der Waals surface area contributed by atoms with Gasteiger partial charge in [-0.1, -0.05) is 30.3 Å². The van der Waals surface area contributed by atoms with Crippen LogP contribution in [0.4, 0.5) is 5.69 Å². The van der Waals surface area contributed by atoms with E-state index in [1.165, 1.54) is 31.2 Å². The third-order valence-corrected chi connectivity index (χ3v) is 6.66. The second-order valence-corrected chi connectivity index (χ2v) is 9.32. The third-order valence-electron chi connectivity index (χ3n) is 4.85. The first-order valence-electron chi connectivity index (χ1n) is 10.1. The first-order chi connectivity index (χ1) is 14.8. The van der Waals surface area contributed by atoms with Crippen LogP contribution in [0, 0.1) is 0 Å². The minimum absolute atomic E-state index is 0.0347. The Morgan fingerprint density at radius 1 is 1.00 bits per heavy atom. The van der Waals surface area contributed by atoms with Crippen molar-refractivity contribution in [2.24, 2.45) is 5.10 Å². The maximum Gasteiger partial charge on any atom is 0.255 e. The van der Waals surface area contributed by atoms with Crippen molar-refractivity contribution in [3.63, 3.8) is 0 Å². The van der Waals surface area contributed by atoms with Gasteiger partial charge in [-0.05, 0) is 55.5 Å². The molecule has 2 amide bonds. The second kappa shape index (κ2) is 10.3. The van der Waals surface area contributed by atoms with Crippen molar-refractivity contribution in [1.82, 2.24) is 9.73 Å². The quantitative estimate of drug-likeness (QED) is 0.613. The number of carbonyl (C=O) groups excluding carboxylic acids is 2. The largest absolute Gasteiger partial charge is 0.326 e. The number of hydrogen-bond donors (Lipinski definition) is 2. The third kappa shape index (κ3) is 6.47. The highest BCUT2D eigenvalue weighted by atomic mass is 32.2. The zero-order valence-electron chi connectivity index (χ0n) is 17.4. The van der Waals surface area contributed by atoms with Crippen molar-refractivity contribution in [3.8, 4) is 0 Å². The lowest BCUT2D eigenvalue weighted by atomic mass is 10.2. The molecule has 2 N–H and O–H groups in total. The summed E-state index contributed by atoms with van der Waals surface area (Å²) in [4.78, 5) is 23.7. The molecule has 0 radical (unpaired) electrons. The van der Waals surface area contributed by atoms with Gasteiger partial charge in [0.25, 0.3) is 5.91 Å². The molecule has 31 heavy (non-hydrogen) atoms. The van der Waals surface area contributed by atoms with Gasteiger partial charge in [-0.25, -0.2) is 13.8 Å². The summed E-state index contributed by atoms with van der Waals surface area (Å²) in [7, 11) is -3.97. The normalized spacial score (nSPS) is 13.8. The van der Waals surface area contributed by atoms with Gasteiger partial charge in [0.05, 0.1) is 11.4 Å². The van der Waals surface area contributed by atoms with Crippen LogP contribution in [0.3, 0.4) is 0 Å². The molecule has 0 bridgehead atoms. The van der Waals surface area contributed by atoms with Gasteiger partial charge < -0.3 is 5.32 Å². The lowest BCUT2D eigenvalue weighted by Gasteiger charge is -2.21. The number of sulfonamides is 1. The molecule has 164 valence electrons. The highest BCUT2D eigenvalue weighted by Gasteiger charge is 2.27. The Hall–Kier alpha value is -3.04. The molecule has 8 nitrogen and oxygen atoms in total. The fraction of sp³-hybridized carbons (Fsp3) is 0.318. The van der Waals surface area contributed by atoms with Gasteiger partial charge in [0.1, 0.15) is 0 Å². The topological polar surface area (TPSA) is 108 Å². The molecule has 2 aromatic rings. The van der Waals surface area contributed by atoms with Crippen LogP contribution < -0.4 is 10.7 Å². The Morgan fingerprint density at radius 2 is 1.65 bits per heavy atom. The van der Waals surface area contributed by atoms with Gasteiger partial charge in [0.2, 0.25) is 15.9 Å². The summed E-state index contributed by atoms with van der Waals surface area (Å²) < 4.78 is 27.7. The lowest BCUT2D eigenvalue weighted by molar-refractivity contribution is -0.121. The second-order valence-electron chi connectivity index (χ2n) is 7.38. The number of rotatable bonds is 8. The Bertz CT molecular complexity index is 1040. The molecule has 0 spiro atoms. The number of benzene rings is 2. The number of hydrogen-bond acceptors (Lipinski definition) is 5. The number of anilines is 1. The number of nitrogens with zero attached hydrogens (tertiary/aromatic N) is 2. The predicted molar refractivity (Wildman–Crippen MR) is 119 cm³/mol. The van der Waals surface area contributed by atoms with Crippen molar-refractivity contribution >= 4 is 33.2 Å². The van der Waals surface area contributed by atoms with E-state index in [-0.39, 0.29) is 23.9 Å². The van der Waals surface area contributed by atoms with E-state index in [1.807, 2.05) is 18.2 Å². The number of amides is 2. The van der Waals surface area contributed by atoms with Crippen LogP contribution in [0.1, 0.15) is 38.2 Å². The Balaban J connectivity index is 1.80. The van der Waals surface area contributed by atoms with E-state index in [9.17, 15) is 18.0 Å². The number of carbonyl (C=O) groups is 2. The van der Waals surface area contributed by atoms with Crippen LogP contribution in [0.25, 0.3) is 0 Å². The fourth-order valence-corrected chi connectivity index (χ4v) is 4.69. The molecule has 1 saturated carbocycles. The van der Waals surface area contributed by atoms with E-state index in [4.69, 9.17) is 0 Å². The summed E-state index contributed by atoms with van der Waals surface area (Å²) in [5.41, 5.74) is 4.67. The minimum atomic E-state index is -3.97. The molecule has 2 aromatic carbocycles. The fourth-order valence-electron chi connectivity index (χ4n) is 3.31. The van der Waals surface area contributed by atoms with E-state index in [0.29, 0.717) is 5.69 Å². The van der Waals surface area contributed by atoms with Crippen LogP contribution in [0.5, 0.6) is 0 Å². The van der Waals surface area contributed by atoms with Crippen LogP contribution in [-0.4, -0.2) is 36.8 Å². The van der Waals surface area contributed by atoms with Gasteiger partial charge in [-0.3, -0.25) is 9.59 Å². The van der Waals surface area contributed by atoms with Gasteiger partial charge in [0, 0.05) is 24.9 Å². The maximum atomic E-state index is 13.3. The number of nitrogens with one attached hydrogen (secondary N) is 2. The van der Waals surface area contributed by atoms with Crippen LogP contribution >= 0.6 is 0 Å². The molecule has 3 rings (SSSR count). The lowest BCUT2D eigenvalue weighted by Crippen LogP contribution is -2.39. The average molecular weight is 443 g/mol. The van der Waals surface area contributed by atoms with Crippen molar-refractivity contribution in [1.29, 1.82) is 0 Å². The molecule has 1 aliphatic rings. The molecule has 0 aromatic heterocycles. The Kier molecular flexibility index (Phi) is 7.54. The molecule has 0 saturated heterocycles. The summed E-state index contributed by atoms with van der Waals surface area (Å²) in [6, 6.07) is 14.9. The zero-order valence-corrected chi connectivity index (χ0v) is 18.2. The standard InChI is InChI=1S/C22H26N4O4S/c1-17(27)23-19-11-13-21(14-12-19)31(29,30)26(15-18-7-3-2-4-8-18)16-22(28)25-24-20-9-5-6-10-20/h2-4,7-8,11-14H,5-6,9-10,15-16H2,1H3,(H,23,27)(H,25,28). The van der Waals surface area contributed by atoms with Crippen LogP contribution in [0.15, 0.2) is 64.6 Å². The summed E-state index contributed by atoms with van der Waals surface area (Å²) in [6.07, 6.45) is 3.81. The predicted octanol–water partition coefficient (Wildman–Crippen LogP) is 2.88. The molecule has 0 heterocycles. The van der Waals surface area contributed by atoms with Crippen molar-refractivity contribution < 1.29 is 18.0 Å². The molecular weight excluding hydrogens is 416 g/mol. The molecule has 1 fully saturated rings. The highest BCUT2D eigenvalue weighted by molar-refractivity contribution is 7.89. The van der Waals surface area contributed by atoms with Crippen molar-refractivity contribution in [2.75, 3.05) is 11.9 Å². The molecule has 0 unspecified atom stereocenters. The first kappa shape index (κ1) is 22.6. The molecule has 1 aliphatic carbocycles. The molecule has 9 heteroatoms. The number of hydrazone groups is 1. The molecule has 0 aliphatic heterocycles. The van der Waals surface area contributed by atoms with E-state index in [1.54, 1.807) is 12.1 Å². The van der Waals surface area contributed by atoms with Crippen molar-refractivity contribution in [3.05, 3.63) is 60.2 Å². The molecular formula is C22H26N4O4S. The smallest absolute Gasteiger partial charge is 0.255 e. The van der Waals surface area contributed by atoms with Crippen LogP contribution in [0.2, 0.25) is 0 Å². The van der Waals surface area contributed by atoms with Gasteiger partial charge in [-0.2, -0.15) is 9.41 Å². The van der Waals surface area contributed by atoms with Crippen LogP contribution in [-0.2, 0) is 26.2 Å². The minimum Gasteiger partial charge on any atom is -0.326 e. The summed E-state index contributed by atoms with van der Waals surface area (Å²) >= 11 is 0. The van der Waals surface area contributed by atoms with Gasteiger partial charge in [-0.15, -0.1) is 0 Å². The average Bonchev–Trinajstić information content (AvgIpc) is 3.26. The monoisotopic (exact) mass is 442 g/mol. The summed E-state index contributed by atoms with van der Waals surface area (Å²) in [5, 5.41) is 6.73. The highest BCUT2D eigenvalue weighted by Crippen LogP contribution is 2.21.